The summed E-state index contributed by atoms with van der Waals surface area (Å²) in [7, 11) is 0. The van der Waals surface area contributed by atoms with Crippen LogP contribution in [-0.2, 0) is 0 Å². The summed E-state index contributed by atoms with van der Waals surface area (Å²) in [5.41, 5.74) is 0.00910. The van der Waals surface area contributed by atoms with Crippen molar-refractivity contribution in [3.8, 4) is 0 Å². The predicted octanol–water partition coefficient (Wildman–Crippen LogP) is 1.10. The summed E-state index contributed by atoms with van der Waals surface area (Å²) in [5, 5.41) is 9.04. The second-order valence-corrected chi connectivity index (χ2v) is 4.48. The lowest BCUT2D eigenvalue weighted by Gasteiger charge is -2.22. The number of aromatic nitrogens is 2. The maximum Gasteiger partial charge on any atom is 0.405 e. The molecule has 1 aliphatic rings. The first-order valence-corrected chi connectivity index (χ1v) is 6.06. The summed E-state index contributed by atoms with van der Waals surface area (Å²) < 4.78 is 37.6. The number of nitrogens with zero attached hydrogens (tertiary/aromatic N) is 2. The van der Waals surface area contributed by atoms with E-state index in [2.05, 4.69) is 10.4 Å². The Morgan fingerprint density at radius 3 is 3.00 bits per heavy atom. The molecule has 2 rings (SSSR count). The highest BCUT2D eigenvalue weighted by atomic mass is 19.4. The van der Waals surface area contributed by atoms with E-state index in [-0.39, 0.29) is 11.7 Å². The number of hydrogen-bond acceptors (Lipinski definition) is 3. The second-order valence-electron chi connectivity index (χ2n) is 4.48. The Labute approximate surface area is 108 Å². The van der Waals surface area contributed by atoms with Crippen molar-refractivity contribution in [2.75, 3.05) is 19.6 Å². The topological polar surface area (TPSA) is 59.0 Å². The number of amides is 1. The molecule has 1 aromatic rings. The molecule has 8 heteroatoms. The SMILES string of the molecule is O=C(NCC(F)(F)F)c1ccn(C2CCCNC2)n1. The Balaban J connectivity index is 1.94. The number of hydrogen-bond donors (Lipinski definition) is 2. The van der Waals surface area contributed by atoms with Gasteiger partial charge in [-0.25, -0.2) is 0 Å². The summed E-state index contributed by atoms with van der Waals surface area (Å²) in [6, 6.07) is 1.58. The number of carbonyl (C=O) groups excluding carboxylic acids is 1. The molecule has 0 saturated carbocycles. The van der Waals surface area contributed by atoms with Crippen molar-refractivity contribution in [3.63, 3.8) is 0 Å². The molecular weight excluding hydrogens is 261 g/mol. The van der Waals surface area contributed by atoms with Gasteiger partial charge in [-0.2, -0.15) is 18.3 Å². The Morgan fingerprint density at radius 1 is 1.58 bits per heavy atom. The minimum Gasteiger partial charge on any atom is -0.342 e. The summed E-state index contributed by atoms with van der Waals surface area (Å²) in [6.07, 6.45) is -0.829. The van der Waals surface area contributed by atoms with Crippen LogP contribution < -0.4 is 10.6 Å². The van der Waals surface area contributed by atoms with Crippen LogP contribution in [0.4, 0.5) is 13.2 Å². The Kier molecular flexibility index (Phi) is 4.08. The van der Waals surface area contributed by atoms with E-state index in [1.54, 1.807) is 16.2 Å². The number of carbonyl (C=O) groups is 1. The lowest BCUT2D eigenvalue weighted by atomic mass is 10.1. The van der Waals surface area contributed by atoms with Gasteiger partial charge in [0, 0.05) is 12.7 Å². The summed E-state index contributed by atoms with van der Waals surface area (Å²) >= 11 is 0. The van der Waals surface area contributed by atoms with Crippen LogP contribution in [0.1, 0.15) is 29.4 Å². The van der Waals surface area contributed by atoms with Crippen LogP contribution >= 0.6 is 0 Å². The molecule has 5 nitrogen and oxygen atoms in total. The number of nitrogens with one attached hydrogen (secondary N) is 2. The van der Waals surface area contributed by atoms with Crippen LogP contribution in [0, 0.1) is 0 Å². The van der Waals surface area contributed by atoms with Crippen LogP contribution in [0.3, 0.4) is 0 Å². The molecule has 0 bridgehead atoms. The average Bonchev–Trinajstić information content (AvgIpc) is 2.86. The van der Waals surface area contributed by atoms with Crippen molar-refractivity contribution in [3.05, 3.63) is 18.0 Å². The van der Waals surface area contributed by atoms with Crippen LogP contribution in [0.25, 0.3) is 0 Å². The molecule has 19 heavy (non-hydrogen) atoms. The van der Waals surface area contributed by atoms with Gasteiger partial charge in [0.25, 0.3) is 5.91 Å². The fourth-order valence-electron chi connectivity index (χ4n) is 1.99. The molecule has 1 aromatic heterocycles. The molecule has 0 radical (unpaired) electrons. The lowest BCUT2D eigenvalue weighted by molar-refractivity contribution is -0.123. The zero-order chi connectivity index (χ0) is 13.9. The van der Waals surface area contributed by atoms with Crippen molar-refractivity contribution in [2.24, 2.45) is 0 Å². The fraction of sp³-hybridized carbons (Fsp3) is 0.636. The molecule has 0 aliphatic carbocycles. The van der Waals surface area contributed by atoms with Gasteiger partial charge in [-0.1, -0.05) is 0 Å². The molecule has 106 valence electrons. The van der Waals surface area contributed by atoms with Crippen molar-refractivity contribution in [2.45, 2.75) is 25.1 Å². The molecule has 1 amide bonds. The standard InChI is InChI=1S/C11H15F3N4O/c12-11(13,14)7-16-10(19)9-3-5-18(17-9)8-2-1-4-15-6-8/h3,5,8,15H,1-2,4,6-7H2,(H,16,19). The Bertz CT molecular complexity index is 437. The average molecular weight is 276 g/mol. The van der Waals surface area contributed by atoms with E-state index in [9.17, 15) is 18.0 Å². The van der Waals surface area contributed by atoms with Crippen LogP contribution in [0.5, 0.6) is 0 Å². The van der Waals surface area contributed by atoms with Crippen molar-refractivity contribution in [1.82, 2.24) is 20.4 Å². The van der Waals surface area contributed by atoms with E-state index in [1.165, 1.54) is 6.07 Å². The summed E-state index contributed by atoms with van der Waals surface area (Å²) in [5.74, 6) is -0.806. The van der Waals surface area contributed by atoms with Crippen molar-refractivity contribution in [1.29, 1.82) is 0 Å². The molecule has 1 aliphatic heterocycles. The molecular formula is C11H15F3N4O. The molecule has 1 saturated heterocycles. The van der Waals surface area contributed by atoms with Crippen molar-refractivity contribution >= 4 is 5.91 Å². The van der Waals surface area contributed by atoms with Crippen LogP contribution in [0.15, 0.2) is 12.3 Å². The molecule has 1 atom stereocenters. The summed E-state index contributed by atoms with van der Waals surface area (Å²) in [6.45, 7) is 0.367. The molecule has 0 spiro atoms. The maximum atomic E-state index is 12.0. The maximum absolute atomic E-state index is 12.0. The van der Waals surface area contributed by atoms with E-state index in [4.69, 9.17) is 0 Å². The molecule has 1 fully saturated rings. The van der Waals surface area contributed by atoms with E-state index in [0.717, 1.165) is 25.9 Å². The molecule has 0 aromatic carbocycles. The van der Waals surface area contributed by atoms with Crippen molar-refractivity contribution < 1.29 is 18.0 Å². The second kappa shape index (κ2) is 5.60. The third kappa shape index (κ3) is 3.95. The normalized spacial score (nSPS) is 20.3. The van der Waals surface area contributed by atoms with Gasteiger partial charge in [0.2, 0.25) is 0 Å². The third-order valence-corrected chi connectivity index (χ3v) is 2.94. The van der Waals surface area contributed by atoms with Crippen LogP contribution in [-0.4, -0.2) is 41.5 Å². The first-order valence-electron chi connectivity index (χ1n) is 6.06. The number of alkyl halides is 3. The minimum absolute atomic E-state index is 0.00910. The van der Waals surface area contributed by atoms with E-state index < -0.39 is 18.6 Å². The highest BCUT2D eigenvalue weighted by Crippen LogP contribution is 2.16. The predicted molar refractivity (Wildman–Crippen MR) is 61.8 cm³/mol. The smallest absolute Gasteiger partial charge is 0.342 e. The lowest BCUT2D eigenvalue weighted by Crippen LogP contribution is -2.34. The van der Waals surface area contributed by atoms with E-state index in [0.29, 0.717) is 0 Å². The monoisotopic (exact) mass is 276 g/mol. The minimum atomic E-state index is -4.41. The first kappa shape index (κ1) is 13.9. The van der Waals surface area contributed by atoms with E-state index >= 15 is 0 Å². The van der Waals surface area contributed by atoms with Gasteiger partial charge in [-0.15, -0.1) is 0 Å². The van der Waals surface area contributed by atoms with Gasteiger partial charge in [0.05, 0.1) is 6.04 Å². The largest absolute Gasteiger partial charge is 0.405 e. The number of rotatable bonds is 3. The molecule has 2 N–H and O–H groups in total. The van der Waals surface area contributed by atoms with Gasteiger partial charge >= 0.3 is 6.18 Å². The van der Waals surface area contributed by atoms with Gasteiger partial charge in [0.15, 0.2) is 0 Å². The highest BCUT2D eigenvalue weighted by Gasteiger charge is 2.28. The quantitative estimate of drug-likeness (QED) is 0.869. The Morgan fingerprint density at radius 2 is 2.37 bits per heavy atom. The number of halogens is 3. The van der Waals surface area contributed by atoms with Gasteiger partial charge < -0.3 is 10.6 Å². The van der Waals surface area contributed by atoms with Crippen LogP contribution in [0.2, 0.25) is 0 Å². The molecule has 2 heterocycles. The zero-order valence-corrected chi connectivity index (χ0v) is 10.2. The summed E-state index contributed by atoms with van der Waals surface area (Å²) in [4.78, 5) is 11.5. The molecule has 1 unspecified atom stereocenters. The van der Waals surface area contributed by atoms with Gasteiger partial charge in [-0.3, -0.25) is 9.48 Å². The van der Waals surface area contributed by atoms with Gasteiger partial charge in [-0.05, 0) is 25.5 Å². The van der Waals surface area contributed by atoms with Gasteiger partial charge in [0.1, 0.15) is 12.2 Å². The third-order valence-electron chi connectivity index (χ3n) is 2.94. The number of piperidine rings is 1. The zero-order valence-electron chi connectivity index (χ0n) is 10.2. The Hall–Kier alpha value is -1.57. The fourth-order valence-corrected chi connectivity index (χ4v) is 1.99. The van der Waals surface area contributed by atoms with E-state index in [1.807, 2.05) is 0 Å². The first-order chi connectivity index (χ1) is 8.96. The highest BCUT2D eigenvalue weighted by molar-refractivity contribution is 5.92.